The van der Waals surface area contributed by atoms with Crippen LogP contribution in [-0.4, -0.2) is 47.5 Å². The number of piperidine rings is 1. The highest BCUT2D eigenvalue weighted by atomic mass is 35.5. The standard InChI is InChI=1S/C23H21Cl2FN4O3.ClH/c1-32-19-12-18-15(11-20(19)33-14-5-8-30(9-6-14)7-2-10-31)23(28-13-27-18)29-17-4-3-16(24)21(25)22(17)26;/h2-4,7,10-14H,5-6,8-9H2,1H3,(H,27,28,29);1H. The van der Waals surface area contributed by atoms with Crippen molar-refractivity contribution in [2.45, 2.75) is 18.9 Å². The van der Waals surface area contributed by atoms with E-state index in [-0.39, 0.29) is 34.2 Å². The first kappa shape index (κ1) is 25.8. The van der Waals surface area contributed by atoms with Crippen LogP contribution in [-0.2, 0) is 4.79 Å². The van der Waals surface area contributed by atoms with E-state index in [2.05, 4.69) is 20.2 Å². The molecule has 0 spiro atoms. The van der Waals surface area contributed by atoms with Crippen LogP contribution in [0.4, 0.5) is 15.9 Å². The molecule has 4 rings (SSSR count). The molecular weight excluding hydrogens is 506 g/mol. The third-order valence-electron chi connectivity index (χ3n) is 5.35. The lowest BCUT2D eigenvalue weighted by Gasteiger charge is -2.31. The second kappa shape index (κ2) is 11.6. The number of nitrogens with one attached hydrogen (secondary N) is 1. The van der Waals surface area contributed by atoms with E-state index in [0.717, 1.165) is 32.2 Å². The van der Waals surface area contributed by atoms with Gasteiger partial charge in [0.2, 0.25) is 0 Å². The van der Waals surface area contributed by atoms with Gasteiger partial charge < -0.3 is 19.7 Å². The van der Waals surface area contributed by atoms with E-state index in [0.29, 0.717) is 28.2 Å². The van der Waals surface area contributed by atoms with Crippen LogP contribution >= 0.6 is 35.6 Å². The molecule has 0 bridgehead atoms. The fourth-order valence-corrected chi connectivity index (χ4v) is 3.96. The summed E-state index contributed by atoms with van der Waals surface area (Å²) in [6, 6.07) is 6.54. The molecule has 3 aromatic rings. The normalized spacial score (nSPS) is 14.2. The summed E-state index contributed by atoms with van der Waals surface area (Å²) in [5, 5.41) is 3.56. The van der Waals surface area contributed by atoms with Crippen LogP contribution in [0.3, 0.4) is 0 Å². The van der Waals surface area contributed by atoms with E-state index in [9.17, 15) is 9.18 Å². The fourth-order valence-electron chi connectivity index (χ4n) is 3.64. The van der Waals surface area contributed by atoms with Crippen molar-refractivity contribution in [2.75, 3.05) is 25.5 Å². The summed E-state index contributed by atoms with van der Waals surface area (Å²) < 4.78 is 26.3. The van der Waals surface area contributed by atoms with Crippen LogP contribution in [0, 0.1) is 5.82 Å². The average Bonchev–Trinajstić information content (AvgIpc) is 2.84. The minimum Gasteiger partial charge on any atom is -0.493 e. The number of methoxy groups -OCH3 is 1. The number of carbonyl (C=O) groups is 1. The molecule has 0 saturated carbocycles. The van der Waals surface area contributed by atoms with Crippen molar-refractivity contribution >= 4 is 64.3 Å². The molecule has 1 aliphatic rings. The third kappa shape index (κ3) is 5.63. The fraction of sp³-hybridized carbons (Fsp3) is 0.261. The number of carbonyl (C=O) groups excluding carboxylic acids is 1. The van der Waals surface area contributed by atoms with E-state index in [4.69, 9.17) is 32.7 Å². The van der Waals surface area contributed by atoms with Crippen LogP contribution in [0.15, 0.2) is 42.9 Å². The number of halogens is 4. The number of aldehydes is 1. The highest BCUT2D eigenvalue weighted by Crippen LogP contribution is 2.37. The second-order valence-electron chi connectivity index (χ2n) is 7.42. The Balaban J connectivity index is 0.00000324. The van der Waals surface area contributed by atoms with E-state index in [1.807, 2.05) is 0 Å². The van der Waals surface area contributed by atoms with Crippen molar-refractivity contribution in [3.05, 3.63) is 58.7 Å². The Hall–Kier alpha value is -2.81. The molecule has 0 aliphatic carbocycles. The van der Waals surface area contributed by atoms with Crippen LogP contribution in [0.1, 0.15) is 12.8 Å². The van der Waals surface area contributed by atoms with Crippen LogP contribution in [0.5, 0.6) is 11.5 Å². The molecule has 1 aliphatic heterocycles. The topological polar surface area (TPSA) is 76.6 Å². The number of benzene rings is 2. The van der Waals surface area contributed by atoms with Crippen LogP contribution < -0.4 is 14.8 Å². The Bertz CT molecular complexity index is 1200. The zero-order chi connectivity index (χ0) is 23.4. The van der Waals surface area contributed by atoms with Gasteiger partial charge in [0, 0.05) is 43.6 Å². The molecule has 0 unspecified atom stereocenters. The highest BCUT2D eigenvalue weighted by Gasteiger charge is 2.21. The maximum atomic E-state index is 14.6. The van der Waals surface area contributed by atoms with Gasteiger partial charge in [-0.25, -0.2) is 14.4 Å². The molecule has 0 radical (unpaired) electrons. The first-order chi connectivity index (χ1) is 16.0. The number of allylic oxidation sites excluding steroid dienone is 1. The lowest BCUT2D eigenvalue weighted by Crippen LogP contribution is -2.35. The van der Waals surface area contributed by atoms with Gasteiger partial charge in [0.1, 0.15) is 24.5 Å². The molecule has 11 heteroatoms. The van der Waals surface area contributed by atoms with Crippen molar-refractivity contribution in [1.82, 2.24) is 14.9 Å². The Morgan fingerprint density at radius 3 is 2.65 bits per heavy atom. The van der Waals surface area contributed by atoms with E-state index in [1.54, 1.807) is 25.4 Å². The van der Waals surface area contributed by atoms with Crippen LogP contribution in [0.25, 0.3) is 10.9 Å². The molecule has 0 atom stereocenters. The summed E-state index contributed by atoms with van der Waals surface area (Å²) in [5.74, 6) is 0.797. The molecule has 7 nitrogen and oxygen atoms in total. The molecule has 34 heavy (non-hydrogen) atoms. The summed E-state index contributed by atoms with van der Waals surface area (Å²) in [6.07, 6.45) is 6.97. The Labute approximate surface area is 212 Å². The molecule has 2 aromatic carbocycles. The molecule has 1 saturated heterocycles. The number of likely N-dealkylation sites (tertiary alicyclic amines) is 1. The number of anilines is 2. The SMILES string of the molecule is COc1cc2ncnc(Nc3ccc(Cl)c(Cl)c3F)c2cc1OC1CCN(C=CC=O)CC1.Cl. The van der Waals surface area contributed by atoms with Gasteiger partial charge in [-0.2, -0.15) is 0 Å². The molecular formula is C23H22Cl3FN4O3. The van der Waals surface area contributed by atoms with Gasteiger partial charge >= 0.3 is 0 Å². The monoisotopic (exact) mass is 526 g/mol. The molecule has 180 valence electrons. The second-order valence-corrected chi connectivity index (χ2v) is 8.21. The Morgan fingerprint density at radius 1 is 1.18 bits per heavy atom. The first-order valence-corrected chi connectivity index (χ1v) is 11.0. The highest BCUT2D eigenvalue weighted by molar-refractivity contribution is 6.42. The average molecular weight is 528 g/mol. The van der Waals surface area contributed by atoms with Crippen molar-refractivity contribution in [2.24, 2.45) is 0 Å². The maximum Gasteiger partial charge on any atom is 0.166 e. The number of nitrogens with zero attached hydrogens (tertiary/aromatic N) is 3. The number of hydrogen-bond acceptors (Lipinski definition) is 7. The van der Waals surface area contributed by atoms with E-state index < -0.39 is 5.82 Å². The summed E-state index contributed by atoms with van der Waals surface area (Å²) in [6.45, 7) is 1.55. The van der Waals surface area contributed by atoms with Gasteiger partial charge in [-0.3, -0.25) is 4.79 Å². The van der Waals surface area contributed by atoms with Gasteiger partial charge in [-0.05, 0) is 24.3 Å². The smallest absolute Gasteiger partial charge is 0.166 e. The number of hydrogen-bond donors (Lipinski definition) is 1. The number of ether oxygens (including phenoxy) is 2. The van der Waals surface area contributed by atoms with Gasteiger partial charge in [0.15, 0.2) is 17.3 Å². The Morgan fingerprint density at radius 2 is 1.94 bits per heavy atom. The van der Waals surface area contributed by atoms with Gasteiger partial charge in [-0.15, -0.1) is 12.4 Å². The summed E-state index contributed by atoms with van der Waals surface area (Å²) >= 11 is 11.8. The van der Waals surface area contributed by atoms with Crippen LogP contribution in [0.2, 0.25) is 10.0 Å². The molecule has 0 amide bonds. The maximum absolute atomic E-state index is 14.6. The van der Waals surface area contributed by atoms with E-state index in [1.165, 1.54) is 24.5 Å². The lowest BCUT2D eigenvalue weighted by atomic mass is 10.1. The first-order valence-electron chi connectivity index (χ1n) is 10.3. The van der Waals surface area contributed by atoms with Crippen molar-refractivity contribution < 1.29 is 18.7 Å². The number of fused-ring (bicyclic) bond motifs is 1. The number of rotatable bonds is 7. The Kier molecular flexibility index (Phi) is 8.77. The molecule has 1 N–H and O–H groups in total. The van der Waals surface area contributed by atoms with E-state index >= 15 is 0 Å². The summed E-state index contributed by atoms with van der Waals surface area (Å²) in [4.78, 5) is 21.2. The minimum absolute atomic E-state index is 0. The van der Waals surface area contributed by atoms with Gasteiger partial charge in [0.05, 0.1) is 28.4 Å². The van der Waals surface area contributed by atoms with Crippen molar-refractivity contribution in [1.29, 1.82) is 0 Å². The molecule has 1 aromatic heterocycles. The lowest BCUT2D eigenvalue weighted by molar-refractivity contribution is -0.104. The zero-order valence-corrected chi connectivity index (χ0v) is 20.5. The molecule has 2 heterocycles. The van der Waals surface area contributed by atoms with Gasteiger partial charge in [0.25, 0.3) is 0 Å². The van der Waals surface area contributed by atoms with Crippen molar-refractivity contribution in [3.63, 3.8) is 0 Å². The summed E-state index contributed by atoms with van der Waals surface area (Å²) in [5.41, 5.74) is 0.740. The minimum atomic E-state index is -0.670. The predicted molar refractivity (Wildman–Crippen MR) is 133 cm³/mol. The number of aromatic nitrogens is 2. The van der Waals surface area contributed by atoms with Crippen molar-refractivity contribution in [3.8, 4) is 11.5 Å². The third-order valence-corrected chi connectivity index (χ3v) is 6.14. The summed E-state index contributed by atoms with van der Waals surface area (Å²) in [7, 11) is 1.56. The predicted octanol–water partition coefficient (Wildman–Crippen LogP) is 5.81. The molecule has 1 fully saturated rings. The quantitative estimate of drug-likeness (QED) is 0.236. The largest absolute Gasteiger partial charge is 0.493 e. The zero-order valence-electron chi connectivity index (χ0n) is 18.1. The van der Waals surface area contributed by atoms with Gasteiger partial charge in [-0.1, -0.05) is 23.2 Å².